The summed E-state index contributed by atoms with van der Waals surface area (Å²) in [6, 6.07) is 2.11. The Hall–Kier alpha value is -1.61. The molecule has 96 valence electrons. The van der Waals surface area contributed by atoms with Crippen molar-refractivity contribution in [3.05, 3.63) is 0 Å². The summed E-state index contributed by atoms with van der Waals surface area (Å²) in [5, 5.41) is 9.10. The summed E-state index contributed by atoms with van der Waals surface area (Å²) in [7, 11) is 0. The van der Waals surface area contributed by atoms with Crippen molar-refractivity contribution in [1.29, 1.82) is 5.26 Å². The van der Waals surface area contributed by atoms with E-state index in [1.54, 1.807) is 0 Å². The van der Waals surface area contributed by atoms with Crippen LogP contribution in [0.2, 0.25) is 0 Å². The van der Waals surface area contributed by atoms with Gasteiger partial charge >= 0.3 is 11.9 Å². The Morgan fingerprint density at radius 2 is 1.59 bits per heavy atom. The Bertz CT molecular complexity index is 289. The van der Waals surface area contributed by atoms with Crippen molar-refractivity contribution in [3.63, 3.8) is 0 Å². The van der Waals surface area contributed by atoms with Crippen LogP contribution in [0.25, 0.3) is 0 Å². The maximum atomic E-state index is 10.6. The van der Waals surface area contributed by atoms with E-state index in [-0.39, 0.29) is 19.8 Å². The number of nitrogens with zero attached hydrogens (tertiary/aromatic N) is 1. The summed E-state index contributed by atoms with van der Waals surface area (Å²) < 4.78 is 9.55. The lowest BCUT2D eigenvalue weighted by molar-refractivity contribution is -0.141. The first-order chi connectivity index (χ1) is 7.95. The molecular weight excluding hydrogens is 224 g/mol. The summed E-state index contributed by atoms with van der Waals surface area (Å²) in [5.74, 6) is -0.789. The molecule has 0 unspecified atom stereocenters. The quantitative estimate of drug-likeness (QED) is 0.647. The first kappa shape index (κ1) is 15.4. The van der Waals surface area contributed by atoms with Crippen LogP contribution in [0.3, 0.4) is 0 Å². The molecule has 2 N–H and O–H groups in total. The number of nitriles is 1. The van der Waals surface area contributed by atoms with Gasteiger partial charge in [0, 0.05) is 33.2 Å². The molecule has 0 saturated heterocycles. The summed E-state index contributed by atoms with van der Waals surface area (Å²) >= 11 is 0. The van der Waals surface area contributed by atoms with Crippen LogP contribution >= 0.6 is 0 Å². The Kier molecular flexibility index (Phi) is 6.91. The van der Waals surface area contributed by atoms with Gasteiger partial charge in [-0.3, -0.25) is 9.59 Å². The van der Waals surface area contributed by atoms with Gasteiger partial charge in [0.1, 0.15) is 0 Å². The maximum Gasteiger partial charge on any atom is 0.302 e. The number of carbonyl (C=O) groups excluding carboxylic acids is 2. The molecule has 0 aliphatic rings. The van der Waals surface area contributed by atoms with E-state index in [4.69, 9.17) is 20.5 Å². The third-order valence-corrected chi connectivity index (χ3v) is 2.40. The van der Waals surface area contributed by atoms with Crippen molar-refractivity contribution in [3.8, 4) is 6.07 Å². The highest BCUT2D eigenvalue weighted by Gasteiger charge is 2.28. The van der Waals surface area contributed by atoms with E-state index in [1.165, 1.54) is 13.8 Å². The normalized spacial score (nSPS) is 10.5. The molecule has 0 heterocycles. The van der Waals surface area contributed by atoms with Gasteiger partial charge in [0.15, 0.2) is 0 Å². The highest BCUT2D eigenvalue weighted by molar-refractivity contribution is 5.66. The van der Waals surface area contributed by atoms with Crippen LogP contribution in [0.1, 0.15) is 26.7 Å². The number of carbonyl (C=O) groups is 2. The van der Waals surface area contributed by atoms with Crippen LogP contribution in [-0.2, 0) is 19.1 Å². The van der Waals surface area contributed by atoms with E-state index in [2.05, 4.69) is 6.07 Å². The maximum absolute atomic E-state index is 10.6. The summed E-state index contributed by atoms with van der Waals surface area (Å²) in [6.45, 7) is 3.01. The molecule has 0 spiro atoms. The standard InChI is InChI=1S/C11H18N2O4/c1-9(14)16-5-3-11(7-12,8-13)4-6-17-10(2)15/h3-7,12H2,1-2H3. The Morgan fingerprint density at radius 1 is 1.18 bits per heavy atom. The van der Waals surface area contributed by atoms with E-state index in [9.17, 15) is 9.59 Å². The summed E-state index contributed by atoms with van der Waals surface area (Å²) in [5.41, 5.74) is 4.73. The van der Waals surface area contributed by atoms with Gasteiger partial charge in [0.25, 0.3) is 0 Å². The third kappa shape index (κ3) is 6.53. The molecule has 6 heteroatoms. The Balaban J connectivity index is 4.21. The zero-order valence-corrected chi connectivity index (χ0v) is 10.2. The molecule has 0 saturated carbocycles. The van der Waals surface area contributed by atoms with Gasteiger partial charge in [0.2, 0.25) is 0 Å². The first-order valence-electron chi connectivity index (χ1n) is 5.34. The van der Waals surface area contributed by atoms with E-state index < -0.39 is 17.4 Å². The van der Waals surface area contributed by atoms with Crippen molar-refractivity contribution in [2.24, 2.45) is 11.1 Å². The number of hydrogen-bond acceptors (Lipinski definition) is 6. The molecule has 0 aliphatic heterocycles. The van der Waals surface area contributed by atoms with Crippen molar-refractivity contribution in [2.75, 3.05) is 19.8 Å². The van der Waals surface area contributed by atoms with Crippen LogP contribution in [0.5, 0.6) is 0 Å². The van der Waals surface area contributed by atoms with Gasteiger partial charge in [-0.05, 0) is 0 Å². The SMILES string of the molecule is CC(=O)OCCC(C#N)(CN)CCOC(C)=O. The predicted octanol–water partition coefficient (Wildman–Crippen LogP) is 0.361. The fraction of sp³-hybridized carbons (Fsp3) is 0.727. The number of rotatable bonds is 7. The van der Waals surface area contributed by atoms with Crippen molar-refractivity contribution in [2.45, 2.75) is 26.7 Å². The smallest absolute Gasteiger partial charge is 0.302 e. The minimum absolute atomic E-state index is 0.131. The topological polar surface area (TPSA) is 102 Å². The molecule has 0 atom stereocenters. The van der Waals surface area contributed by atoms with E-state index in [0.29, 0.717) is 12.8 Å². The second-order valence-corrected chi connectivity index (χ2v) is 3.78. The Morgan fingerprint density at radius 3 is 1.82 bits per heavy atom. The third-order valence-electron chi connectivity index (χ3n) is 2.40. The van der Waals surface area contributed by atoms with Gasteiger partial charge in [-0.1, -0.05) is 0 Å². The molecule has 0 bridgehead atoms. The minimum atomic E-state index is -0.815. The van der Waals surface area contributed by atoms with Crippen molar-refractivity contribution in [1.82, 2.24) is 0 Å². The molecule has 6 nitrogen and oxygen atoms in total. The van der Waals surface area contributed by atoms with Gasteiger partial charge < -0.3 is 15.2 Å². The lowest BCUT2D eigenvalue weighted by atomic mass is 9.83. The van der Waals surface area contributed by atoms with Gasteiger partial charge in [-0.25, -0.2) is 0 Å². The molecular formula is C11H18N2O4. The molecule has 0 aromatic carbocycles. The van der Waals surface area contributed by atoms with Crippen LogP contribution < -0.4 is 5.73 Å². The van der Waals surface area contributed by atoms with Crippen LogP contribution in [0.4, 0.5) is 0 Å². The number of ether oxygens (including phenoxy) is 2. The fourth-order valence-corrected chi connectivity index (χ4v) is 1.27. The molecule has 0 rings (SSSR count). The fourth-order valence-electron chi connectivity index (χ4n) is 1.27. The second-order valence-electron chi connectivity index (χ2n) is 3.78. The first-order valence-corrected chi connectivity index (χ1v) is 5.34. The Labute approximate surface area is 101 Å². The van der Waals surface area contributed by atoms with Gasteiger partial charge in [-0.15, -0.1) is 0 Å². The molecule has 0 aliphatic carbocycles. The molecule has 0 amide bonds. The molecule has 17 heavy (non-hydrogen) atoms. The zero-order chi connectivity index (χ0) is 13.3. The van der Waals surface area contributed by atoms with Gasteiger partial charge in [-0.2, -0.15) is 5.26 Å². The highest BCUT2D eigenvalue weighted by Crippen LogP contribution is 2.24. The monoisotopic (exact) mass is 242 g/mol. The van der Waals surface area contributed by atoms with Crippen molar-refractivity contribution < 1.29 is 19.1 Å². The highest BCUT2D eigenvalue weighted by atomic mass is 16.5. The largest absolute Gasteiger partial charge is 0.466 e. The average Bonchev–Trinajstić information content (AvgIpc) is 2.26. The number of hydrogen-bond donors (Lipinski definition) is 1. The summed E-state index contributed by atoms with van der Waals surface area (Å²) in [4.78, 5) is 21.2. The number of esters is 2. The van der Waals surface area contributed by atoms with E-state index >= 15 is 0 Å². The number of nitrogens with two attached hydrogens (primary N) is 1. The molecule has 0 aromatic rings. The average molecular weight is 242 g/mol. The van der Waals surface area contributed by atoms with Crippen LogP contribution in [0, 0.1) is 16.7 Å². The predicted molar refractivity (Wildman–Crippen MR) is 59.6 cm³/mol. The van der Waals surface area contributed by atoms with E-state index in [1.807, 2.05) is 0 Å². The van der Waals surface area contributed by atoms with Crippen LogP contribution in [-0.4, -0.2) is 31.7 Å². The van der Waals surface area contributed by atoms with Crippen LogP contribution in [0.15, 0.2) is 0 Å². The van der Waals surface area contributed by atoms with E-state index in [0.717, 1.165) is 0 Å². The van der Waals surface area contributed by atoms with Crippen molar-refractivity contribution >= 4 is 11.9 Å². The zero-order valence-electron chi connectivity index (χ0n) is 10.2. The molecule has 0 radical (unpaired) electrons. The molecule has 0 aromatic heterocycles. The second kappa shape index (κ2) is 7.63. The lowest BCUT2D eigenvalue weighted by Gasteiger charge is -2.24. The molecule has 0 fully saturated rings. The summed E-state index contributed by atoms with van der Waals surface area (Å²) in [6.07, 6.45) is 0.668. The minimum Gasteiger partial charge on any atom is -0.466 e. The lowest BCUT2D eigenvalue weighted by Crippen LogP contribution is -2.32. The van der Waals surface area contributed by atoms with Gasteiger partial charge in [0.05, 0.1) is 24.7 Å².